The summed E-state index contributed by atoms with van der Waals surface area (Å²) in [5, 5.41) is 3.84. The normalized spacial score (nSPS) is 17.1. The standard InChI is InChI=1S/C15H25ClN4/c1-17-9-12-8-13(16)14(18-10-12)20(4)11-15(19(2)3)6-5-7-15/h8,10,17H,5-7,9,11H2,1-4H3. The first-order valence-corrected chi connectivity index (χ1v) is 7.54. The largest absolute Gasteiger partial charge is 0.357 e. The molecule has 0 saturated heterocycles. The maximum atomic E-state index is 6.38. The zero-order valence-electron chi connectivity index (χ0n) is 12.9. The van der Waals surface area contributed by atoms with E-state index in [4.69, 9.17) is 11.6 Å². The van der Waals surface area contributed by atoms with Gasteiger partial charge in [0.1, 0.15) is 5.82 Å². The Bertz CT molecular complexity index is 457. The molecule has 0 amide bonds. The molecule has 1 aromatic heterocycles. The number of halogens is 1. The van der Waals surface area contributed by atoms with Crippen LogP contribution in [0.1, 0.15) is 24.8 Å². The summed E-state index contributed by atoms with van der Waals surface area (Å²) in [6.07, 6.45) is 5.71. The number of pyridine rings is 1. The first-order valence-electron chi connectivity index (χ1n) is 7.16. The zero-order valence-corrected chi connectivity index (χ0v) is 13.7. The van der Waals surface area contributed by atoms with Gasteiger partial charge in [-0.2, -0.15) is 0 Å². The van der Waals surface area contributed by atoms with E-state index in [2.05, 4.69) is 41.2 Å². The number of nitrogens with one attached hydrogen (secondary N) is 1. The fourth-order valence-corrected chi connectivity index (χ4v) is 3.23. The number of rotatable bonds is 6. The van der Waals surface area contributed by atoms with Crippen LogP contribution >= 0.6 is 11.6 Å². The molecule has 0 unspecified atom stereocenters. The van der Waals surface area contributed by atoms with Crippen molar-refractivity contribution < 1.29 is 0 Å². The van der Waals surface area contributed by atoms with Gasteiger partial charge in [0.25, 0.3) is 0 Å². The van der Waals surface area contributed by atoms with Crippen LogP contribution in [0.4, 0.5) is 5.82 Å². The second-order valence-electron chi connectivity index (χ2n) is 6.01. The van der Waals surface area contributed by atoms with Crippen LogP contribution < -0.4 is 10.2 Å². The molecule has 0 aliphatic heterocycles. The summed E-state index contributed by atoms with van der Waals surface area (Å²) in [4.78, 5) is 9.06. The van der Waals surface area contributed by atoms with Crippen molar-refractivity contribution >= 4 is 17.4 Å². The first-order chi connectivity index (χ1) is 9.48. The summed E-state index contributed by atoms with van der Waals surface area (Å²) in [5.41, 5.74) is 1.39. The van der Waals surface area contributed by atoms with Gasteiger partial charge in [-0.3, -0.25) is 0 Å². The molecular formula is C15H25ClN4. The fourth-order valence-electron chi connectivity index (χ4n) is 2.90. The van der Waals surface area contributed by atoms with E-state index in [1.807, 2.05) is 19.3 Å². The van der Waals surface area contributed by atoms with Crippen LogP contribution in [0.25, 0.3) is 0 Å². The Hall–Kier alpha value is -0.840. The fraction of sp³-hybridized carbons (Fsp3) is 0.667. The number of anilines is 1. The van der Waals surface area contributed by atoms with Gasteiger partial charge in [-0.25, -0.2) is 4.98 Å². The average molecular weight is 297 g/mol. The summed E-state index contributed by atoms with van der Waals surface area (Å²) >= 11 is 6.38. The molecule has 0 bridgehead atoms. The van der Waals surface area contributed by atoms with E-state index in [0.717, 1.165) is 29.5 Å². The van der Waals surface area contributed by atoms with Crippen molar-refractivity contribution in [2.75, 3.05) is 39.6 Å². The Morgan fingerprint density at radius 2 is 2.05 bits per heavy atom. The molecule has 0 spiro atoms. The van der Waals surface area contributed by atoms with Crippen LogP contribution in [0.15, 0.2) is 12.3 Å². The second kappa shape index (κ2) is 6.29. The van der Waals surface area contributed by atoms with Crippen molar-refractivity contribution in [1.82, 2.24) is 15.2 Å². The number of aromatic nitrogens is 1. The molecule has 1 saturated carbocycles. The Balaban J connectivity index is 2.11. The molecule has 1 N–H and O–H groups in total. The highest BCUT2D eigenvalue weighted by Gasteiger charge is 2.40. The third kappa shape index (κ3) is 3.08. The topological polar surface area (TPSA) is 31.4 Å². The highest BCUT2D eigenvalue weighted by Crippen LogP contribution is 2.38. The van der Waals surface area contributed by atoms with E-state index < -0.39 is 0 Å². The lowest BCUT2D eigenvalue weighted by molar-refractivity contribution is 0.0682. The molecule has 1 fully saturated rings. The molecule has 2 rings (SSSR count). The van der Waals surface area contributed by atoms with E-state index in [1.54, 1.807) is 0 Å². The maximum Gasteiger partial charge on any atom is 0.147 e. The van der Waals surface area contributed by atoms with E-state index >= 15 is 0 Å². The molecular weight excluding hydrogens is 272 g/mol. The molecule has 1 aromatic rings. The Kier molecular flexibility index (Phi) is 4.89. The molecule has 0 radical (unpaired) electrons. The van der Waals surface area contributed by atoms with Gasteiger partial charge in [-0.1, -0.05) is 11.6 Å². The lowest BCUT2D eigenvalue weighted by atomic mass is 9.75. The molecule has 1 aliphatic rings. The second-order valence-corrected chi connectivity index (χ2v) is 6.41. The molecule has 1 heterocycles. The van der Waals surface area contributed by atoms with E-state index in [0.29, 0.717) is 0 Å². The molecule has 5 heteroatoms. The van der Waals surface area contributed by atoms with Crippen molar-refractivity contribution in [3.63, 3.8) is 0 Å². The monoisotopic (exact) mass is 296 g/mol. The lowest BCUT2D eigenvalue weighted by Gasteiger charge is -2.49. The minimum Gasteiger partial charge on any atom is -0.357 e. The predicted molar refractivity (Wildman–Crippen MR) is 85.5 cm³/mol. The first kappa shape index (κ1) is 15.5. The predicted octanol–water partition coefficient (Wildman–Crippen LogP) is 2.37. The summed E-state index contributed by atoms with van der Waals surface area (Å²) in [7, 11) is 8.33. The quantitative estimate of drug-likeness (QED) is 0.873. The highest BCUT2D eigenvalue weighted by atomic mass is 35.5. The molecule has 4 nitrogen and oxygen atoms in total. The van der Waals surface area contributed by atoms with Crippen molar-refractivity contribution in [3.05, 3.63) is 22.8 Å². The molecule has 20 heavy (non-hydrogen) atoms. The van der Waals surface area contributed by atoms with Crippen LogP contribution in [0.3, 0.4) is 0 Å². The highest BCUT2D eigenvalue weighted by molar-refractivity contribution is 6.33. The smallest absolute Gasteiger partial charge is 0.147 e. The van der Waals surface area contributed by atoms with Crippen LogP contribution in [-0.4, -0.2) is 50.2 Å². The third-order valence-corrected chi connectivity index (χ3v) is 4.66. The molecule has 112 valence electrons. The van der Waals surface area contributed by atoms with Crippen molar-refractivity contribution in [2.24, 2.45) is 0 Å². The summed E-state index contributed by atoms with van der Waals surface area (Å²) in [6.45, 7) is 1.76. The van der Waals surface area contributed by atoms with Gasteiger partial charge in [0.05, 0.1) is 5.02 Å². The lowest BCUT2D eigenvalue weighted by Crippen LogP contribution is -2.56. The number of likely N-dealkylation sites (N-methyl/N-ethyl adjacent to an activating group) is 2. The summed E-state index contributed by atoms with van der Waals surface area (Å²) < 4.78 is 0. The minimum atomic E-state index is 0.281. The molecule has 0 atom stereocenters. The van der Waals surface area contributed by atoms with Gasteiger partial charge in [-0.15, -0.1) is 0 Å². The Morgan fingerprint density at radius 3 is 2.50 bits per heavy atom. The SMILES string of the molecule is CNCc1cnc(N(C)CC2(N(C)C)CCC2)c(Cl)c1. The Morgan fingerprint density at radius 1 is 1.35 bits per heavy atom. The van der Waals surface area contributed by atoms with Crippen LogP contribution in [-0.2, 0) is 6.54 Å². The van der Waals surface area contributed by atoms with Crippen molar-refractivity contribution in [2.45, 2.75) is 31.3 Å². The van der Waals surface area contributed by atoms with E-state index in [1.165, 1.54) is 19.3 Å². The van der Waals surface area contributed by atoms with Gasteiger partial charge >= 0.3 is 0 Å². The average Bonchev–Trinajstić information content (AvgIpc) is 2.33. The summed E-state index contributed by atoms with van der Waals surface area (Å²) in [6, 6.07) is 2.00. The summed E-state index contributed by atoms with van der Waals surface area (Å²) in [5.74, 6) is 0.875. The number of hydrogen-bond donors (Lipinski definition) is 1. The van der Waals surface area contributed by atoms with E-state index in [9.17, 15) is 0 Å². The van der Waals surface area contributed by atoms with Crippen LogP contribution in [0.5, 0.6) is 0 Å². The minimum absolute atomic E-state index is 0.281. The van der Waals surface area contributed by atoms with Gasteiger partial charge in [0, 0.05) is 31.9 Å². The van der Waals surface area contributed by atoms with Crippen LogP contribution in [0, 0.1) is 0 Å². The molecule has 0 aromatic carbocycles. The van der Waals surface area contributed by atoms with Gasteiger partial charge in [0.2, 0.25) is 0 Å². The molecule has 1 aliphatic carbocycles. The van der Waals surface area contributed by atoms with Crippen molar-refractivity contribution in [3.8, 4) is 0 Å². The van der Waals surface area contributed by atoms with E-state index in [-0.39, 0.29) is 5.54 Å². The van der Waals surface area contributed by atoms with Gasteiger partial charge < -0.3 is 15.1 Å². The number of nitrogens with zero attached hydrogens (tertiary/aromatic N) is 3. The van der Waals surface area contributed by atoms with Gasteiger partial charge in [0.15, 0.2) is 0 Å². The zero-order chi connectivity index (χ0) is 14.8. The Labute approximate surface area is 127 Å². The van der Waals surface area contributed by atoms with Crippen molar-refractivity contribution in [1.29, 1.82) is 0 Å². The van der Waals surface area contributed by atoms with Gasteiger partial charge in [-0.05, 0) is 52.0 Å². The number of hydrogen-bond acceptors (Lipinski definition) is 4. The maximum absolute atomic E-state index is 6.38. The third-order valence-electron chi connectivity index (χ3n) is 4.39. The van der Waals surface area contributed by atoms with Crippen LogP contribution in [0.2, 0.25) is 5.02 Å².